The summed E-state index contributed by atoms with van der Waals surface area (Å²) >= 11 is 0. The molecule has 3 aliphatic heterocycles. The minimum absolute atomic E-state index is 0.324. The average Bonchev–Trinajstić information content (AvgIpc) is 3.18. The summed E-state index contributed by atoms with van der Waals surface area (Å²) in [6, 6.07) is 9.07. The van der Waals surface area contributed by atoms with Gasteiger partial charge in [-0.05, 0) is 54.7 Å². The molecule has 0 saturated carbocycles. The van der Waals surface area contributed by atoms with E-state index in [2.05, 4.69) is 36.1 Å². The third-order valence-corrected chi connectivity index (χ3v) is 6.37. The highest BCUT2D eigenvalue weighted by Crippen LogP contribution is 2.52. The Bertz CT molecular complexity index is 910. The molecule has 0 amide bonds. The van der Waals surface area contributed by atoms with E-state index in [0.717, 1.165) is 48.9 Å². The van der Waals surface area contributed by atoms with Gasteiger partial charge in [-0.3, -0.25) is 4.90 Å². The summed E-state index contributed by atoms with van der Waals surface area (Å²) in [7, 11) is 1.72. The van der Waals surface area contributed by atoms with Gasteiger partial charge in [0, 0.05) is 30.6 Å². The molecule has 0 aliphatic carbocycles. The Balaban J connectivity index is 1.63. The molecule has 0 bridgehead atoms. The van der Waals surface area contributed by atoms with Crippen LogP contribution in [0.3, 0.4) is 0 Å². The maximum atomic E-state index is 6.04. The Kier molecular flexibility index (Phi) is 4.35. The van der Waals surface area contributed by atoms with Crippen LogP contribution in [0.15, 0.2) is 24.3 Å². The molecule has 0 aromatic heterocycles. The maximum Gasteiger partial charge on any atom is 0.231 e. The highest BCUT2D eigenvalue weighted by Gasteiger charge is 2.41. The molecule has 3 aliphatic rings. The molecule has 5 nitrogen and oxygen atoms in total. The Hall–Kier alpha value is -2.40. The van der Waals surface area contributed by atoms with Crippen molar-refractivity contribution in [2.24, 2.45) is 0 Å². The van der Waals surface area contributed by atoms with Gasteiger partial charge >= 0.3 is 0 Å². The summed E-state index contributed by atoms with van der Waals surface area (Å²) < 4.78 is 22.9. The van der Waals surface area contributed by atoms with E-state index in [1.165, 1.54) is 22.3 Å². The van der Waals surface area contributed by atoms with Crippen LogP contribution >= 0.6 is 0 Å². The molecule has 5 rings (SSSR count). The van der Waals surface area contributed by atoms with Crippen molar-refractivity contribution in [1.29, 1.82) is 0 Å². The number of hydrogen-bond donors (Lipinski definition) is 0. The van der Waals surface area contributed by atoms with E-state index in [4.69, 9.17) is 18.9 Å². The highest BCUT2D eigenvalue weighted by atomic mass is 16.7. The van der Waals surface area contributed by atoms with Crippen molar-refractivity contribution in [3.8, 4) is 23.0 Å². The van der Waals surface area contributed by atoms with Crippen molar-refractivity contribution >= 4 is 0 Å². The van der Waals surface area contributed by atoms with Gasteiger partial charge < -0.3 is 18.9 Å². The molecule has 0 fully saturated rings. The van der Waals surface area contributed by atoms with Crippen LogP contribution < -0.4 is 18.9 Å². The molecule has 0 saturated heterocycles. The van der Waals surface area contributed by atoms with Gasteiger partial charge in [-0.15, -0.1) is 0 Å². The fourth-order valence-corrected chi connectivity index (χ4v) is 5.15. The lowest BCUT2D eigenvalue weighted by Gasteiger charge is -2.46. The zero-order chi connectivity index (χ0) is 19.3. The topological polar surface area (TPSA) is 40.2 Å². The van der Waals surface area contributed by atoms with Crippen LogP contribution in [0.1, 0.15) is 54.5 Å². The molecule has 2 atom stereocenters. The standard InChI is InChI=1S/C23H27NO4/c1-4-15-16-6-7-19(25-3)23(26-5-2)18(16)12-24-9-8-14-10-20-21(28-13-27-20)11-17(14)22(15)24/h6-7,10-11,15,22H,4-5,8-9,12-13H2,1-3H3/t15-,22-/m0/s1. The highest BCUT2D eigenvalue weighted by molar-refractivity contribution is 5.56. The van der Waals surface area contributed by atoms with Crippen molar-refractivity contribution in [2.75, 3.05) is 27.1 Å². The minimum Gasteiger partial charge on any atom is -0.493 e. The molecule has 2 aromatic rings. The molecule has 2 aromatic carbocycles. The predicted octanol–water partition coefficient (Wildman–Crippen LogP) is 4.43. The first kappa shape index (κ1) is 17.7. The molecule has 0 unspecified atom stereocenters. The van der Waals surface area contributed by atoms with Gasteiger partial charge in [-0.2, -0.15) is 0 Å². The maximum absolute atomic E-state index is 6.04. The average molecular weight is 381 g/mol. The number of ether oxygens (including phenoxy) is 4. The Morgan fingerprint density at radius 3 is 2.68 bits per heavy atom. The van der Waals surface area contributed by atoms with Crippen LogP contribution in [0, 0.1) is 0 Å². The minimum atomic E-state index is 0.324. The van der Waals surface area contributed by atoms with Crippen LogP contribution in [-0.4, -0.2) is 32.0 Å². The number of rotatable bonds is 4. The number of methoxy groups -OCH3 is 1. The van der Waals surface area contributed by atoms with E-state index in [1.807, 2.05) is 6.92 Å². The first-order valence-corrected chi connectivity index (χ1v) is 10.2. The van der Waals surface area contributed by atoms with E-state index in [0.29, 0.717) is 25.4 Å². The number of fused-ring (bicyclic) bond motifs is 5. The van der Waals surface area contributed by atoms with Gasteiger partial charge in [0.25, 0.3) is 0 Å². The smallest absolute Gasteiger partial charge is 0.231 e. The zero-order valence-corrected chi connectivity index (χ0v) is 16.8. The largest absolute Gasteiger partial charge is 0.493 e. The molecule has 0 radical (unpaired) electrons. The van der Waals surface area contributed by atoms with Crippen LogP contribution in [0.5, 0.6) is 23.0 Å². The molecule has 148 valence electrons. The summed E-state index contributed by atoms with van der Waals surface area (Å²) in [4.78, 5) is 2.60. The Morgan fingerprint density at radius 1 is 1.11 bits per heavy atom. The fraction of sp³-hybridized carbons (Fsp3) is 0.478. The Labute approximate surface area is 166 Å². The number of benzene rings is 2. The monoisotopic (exact) mass is 381 g/mol. The third kappa shape index (κ3) is 2.56. The zero-order valence-electron chi connectivity index (χ0n) is 16.8. The lowest BCUT2D eigenvalue weighted by Crippen LogP contribution is -2.41. The summed E-state index contributed by atoms with van der Waals surface area (Å²) in [5.74, 6) is 3.92. The lowest BCUT2D eigenvalue weighted by molar-refractivity contribution is 0.128. The predicted molar refractivity (Wildman–Crippen MR) is 107 cm³/mol. The quantitative estimate of drug-likeness (QED) is 0.784. The van der Waals surface area contributed by atoms with Crippen LogP contribution in [-0.2, 0) is 13.0 Å². The fourth-order valence-electron chi connectivity index (χ4n) is 5.15. The van der Waals surface area contributed by atoms with Crippen molar-refractivity contribution in [3.05, 3.63) is 46.5 Å². The van der Waals surface area contributed by atoms with E-state index in [-0.39, 0.29) is 0 Å². The van der Waals surface area contributed by atoms with Crippen molar-refractivity contribution in [1.82, 2.24) is 4.90 Å². The third-order valence-electron chi connectivity index (χ3n) is 6.37. The summed E-state index contributed by atoms with van der Waals surface area (Å²) in [6.45, 7) is 7.20. The molecule has 28 heavy (non-hydrogen) atoms. The van der Waals surface area contributed by atoms with E-state index in [1.54, 1.807) is 7.11 Å². The second-order valence-corrected chi connectivity index (χ2v) is 7.68. The van der Waals surface area contributed by atoms with Gasteiger partial charge in [0.05, 0.1) is 13.7 Å². The molecule has 3 heterocycles. The lowest BCUT2D eigenvalue weighted by atomic mass is 9.75. The summed E-state index contributed by atoms with van der Waals surface area (Å²) in [6.07, 6.45) is 2.10. The molecular formula is C23H27NO4. The SMILES string of the molecule is CCOc1c(OC)ccc2c1CN1CCc3cc4c(cc3[C@@H]1[C@H]2CC)OCO4. The normalized spacial score (nSPS) is 22.2. The van der Waals surface area contributed by atoms with Crippen molar-refractivity contribution in [2.45, 2.75) is 45.2 Å². The Morgan fingerprint density at radius 2 is 1.93 bits per heavy atom. The van der Waals surface area contributed by atoms with Gasteiger partial charge in [-0.25, -0.2) is 0 Å². The second-order valence-electron chi connectivity index (χ2n) is 7.68. The van der Waals surface area contributed by atoms with E-state index < -0.39 is 0 Å². The van der Waals surface area contributed by atoms with Crippen LogP contribution in [0.4, 0.5) is 0 Å². The van der Waals surface area contributed by atoms with Gasteiger partial charge in [0.15, 0.2) is 23.0 Å². The number of nitrogens with zero attached hydrogens (tertiary/aromatic N) is 1. The van der Waals surface area contributed by atoms with Crippen LogP contribution in [0.2, 0.25) is 0 Å². The molecule has 5 heteroatoms. The summed E-state index contributed by atoms with van der Waals surface area (Å²) in [5, 5.41) is 0. The van der Waals surface area contributed by atoms with E-state index >= 15 is 0 Å². The van der Waals surface area contributed by atoms with Crippen molar-refractivity contribution < 1.29 is 18.9 Å². The number of hydrogen-bond acceptors (Lipinski definition) is 5. The van der Waals surface area contributed by atoms with Gasteiger partial charge in [0.1, 0.15) is 0 Å². The second kappa shape index (κ2) is 6.89. The first-order valence-electron chi connectivity index (χ1n) is 10.2. The van der Waals surface area contributed by atoms with Gasteiger partial charge in [-0.1, -0.05) is 13.0 Å². The molecule has 0 spiro atoms. The van der Waals surface area contributed by atoms with Gasteiger partial charge in [0.2, 0.25) is 6.79 Å². The van der Waals surface area contributed by atoms with E-state index in [9.17, 15) is 0 Å². The summed E-state index contributed by atoms with van der Waals surface area (Å²) in [5.41, 5.74) is 5.46. The van der Waals surface area contributed by atoms with Crippen LogP contribution in [0.25, 0.3) is 0 Å². The van der Waals surface area contributed by atoms with Crippen molar-refractivity contribution in [3.63, 3.8) is 0 Å². The first-order chi connectivity index (χ1) is 13.7. The molecule has 0 N–H and O–H groups in total. The molecular weight excluding hydrogens is 354 g/mol.